The van der Waals surface area contributed by atoms with Crippen LogP contribution in [0.4, 0.5) is 24.7 Å². The number of carbonyl (C=O) groups is 1. The van der Waals surface area contributed by atoms with Crippen LogP contribution < -0.4 is 14.4 Å². The van der Waals surface area contributed by atoms with E-state index in [2.05, 4.69) is 19.5 Å². The molecule has 8 nitrogen and oxygen atoms in total. The van der Waals surface area contributed by atoms with Crippen molar-refractivity contribution < 1.29 is 30.6 Å². The van der Waals surface area contributed by atoms with Crippen LogP contribution in [0.2, 0.25) is 0 Å². The molecule has 0 spiro atoms. The van der Waals surface area contributed by atoms with E-state index in [1.807, 2.05) is 26.0 Å². The van der Waals surface area contributed by atoms with E-state index < -0.39 is 27.5 Å². The van der Waals surface area contributed by atoms with Gasteiger partial charge in [0.15, 0.2) is 0 Å². The van der Waals surface area contributed by atoms with Crippen molar-refractivity contribution in [3.63, 3.8) is 0 Å². The van der Waals surface area contributed by atoms with Crippen molar-refractivity contribution in [3.8, 4) is 5.88 Å². The predicted molar refractivity (Wildman–Crippen MR) is 114 cm³/mol. The first-order valence-electron chi connectivity index (χ1n) is 10.4. The molecule has 2 aromatic heterocycles. The van der Waals surface area contributed by atoms with Gasteiger partial charge in [-0.3, -0.25) is 4.79 Å². The van der Waals surface area contributed by atoms with Crippen LogP contribution in [0.25, 0.3) is 0 Å². The summed E-state index contributed by atoms with van der Waals surface area (Å²) < 4.78 is 65.7. The third-order valence-electron chi connectivity index (χ3n) is 5.91. The van der Waals surface area contributed by atoms with Crippen molar-refractivity contribution >= 4 is 27.5 Å². The lowest BCUT2D eigenvalue weighted by Gasteiger charge is -2.45. The Hall–Kier alpha value is -2.89. The Bertz CT molecular complexity index is 1180. The molecule has 33 heavy (non-hydrogen) atoms. The zero-order chi connectivity index (χ0) is 24.1. The molecule has 3 atom stereocenters. The number of fused-ring (bicyclic) bond motifs is 1. The number of amides is 1. The molecule has 0 radical (unpaired) electrons. The summed E-state index contributed by atoms with van der Waals surface area (Å²) >= 11 is 0. The Morgan fingerprint density at radius 2 is 1.88 bits per heavy atom. The molecule has 1 N–H and O–H groups in total. The standard InChI is InChI=1S/C21H23F3N4O4S/c1-11-5-4-6-16(25-11)26-18-12(2)20(14-7-8-14)28(13(3)29)15-9-10-17(27-19(15)18)32-33(30,31)21(22,23)24/h4-6,9-10,12,14,18,20H,7-8H2,1-3H3,(H,25,26)/t12-,18-,20-/m1/s1. The number of rotatable bonds is 5. The zero-order valence-corrected chi connectivity index (χ0v) is 18.9. The molecule has 12 heteroatoms. The van der Waals surface area contributed by atoms with Gasteiger partial charge in [-0.15, -0.1) is 0 Å². The lowest BCUT2D eigenvalue weighted by Crippen LogP contribution is -2.51. The normalized spacial score (nSPS) is 23.1. The molecule has 1 fully saturated rings. The molecule has 1 aliphatic heterocycles. The van der Waals surface area contributed by atoms with E-state index in [0.29, 0.717) is 11.5 Å². The fourth-order valence-corrected chi connectivity index (χ4v) is 4.78. The maximum atomic E-state index is 12.8. The molecular weight excluding hydrogens is 461 g/mol. The van der Waals surface area contributed by atoms with Gasteiger partial charge in [0.2, 0.25) is 11.8 Å². The molecule has 0 saturated heterocycles. The minimum atomic E-state index is -5.89. The van der Waals surface area contributed by atoms with Crippen LogP contribution in [0, 0.1) is 18.8 Å². The molecule has 178 valence electrons. The van der Waals surface area contributed by atoms with Gasteiger partial charge in [0.05, 0.1) is 17.4 Å². The summed E-state index contributed by atoms with van der Waals surface area (Å²) in [6, 6.07) is 7.09. The van der Waals surface area contributed by atoms with Crippen molar-refractivity contribution in [2.45, 2.75) is 51.2 Å². The van der Waals surface area contributed by atoms with Gasteiger partial charge in [-0.2, -0.15) is 21.6 Å². The van der Waals surface area contributed by atoms with Gasteiger partial charge in [-0.25, -0.2) is 9.97 Å². The average Bonchev–Trinajstić information content (AvgIpc) is 3.53. The average molecular weight is 485 g/mol. The molecule has 0 aromatic carbocycles. The second kappa shape index (κ2) is 8.15. The van der Waals surface area contributed by atoms with E-state index in [4.69, 9.17) is 0 Å². The van der Waals surface area contributed by atoms with Crippen LogP contribution in [-0.4, -0.2) is 35.8 Å². The van der Waals surface area contributed by atoms with Crippen LogP contribution in [0.3, 0.4) is 0 Å². The number of nitrogens with zero attached hydrogens (tertiary/aromatic N) is 3. The molecule has 2 aliphatic rings. The quantitative estimate of drug-likeness (QED) is 0.507. The van der Waals surface area contributed by atoms with E-state index in [1.54, 1.807) is 11.0 Å². The van der Waals surface area contributed by atoms with Gasteiger partial charge in [-0.1, -0.05) is 13.0 Å². The number of aromatic nitrogens is 2. The highest BCUT2D eigenvalue weighted by atomic mass is 32.2. The Morgan fingerprint density at radius 1 is 1.18 bits per heavy atom. The second-order valence-electron chi connectivity index (χ2n) is 8.40. The van der Waals surface area contributed by atoms with Crippen LogP contribution in [0.15, 0.2) is 30.3 Å². The van der Waals surface area contributed by atoms with Crippen LogP contribution in [0.1, 0.15) is 44.1 Å². The first-order valence-corrected chi connectivity index (χ1v) is 11.8. The molecule has 1 aliphatic carbocycles. The molecule has 1 amide bonds. The number of halogens is 3. The SMILES string of the molecule is CC(=O)N1c2ccc(OS(=O)(=O)C(F)(F)F)nc2[C@H](Nc2cccc(C)n2)[C@@H](C)[C@@H]1C1CC1. The second-order valence-corrected chi connectivity index (χ2v) is 9.94. The van der Waals surface area contributed by atoms with Crippen molar-refractivity contribution in [2.24, 2.45) is 11.8 Å². The largest absolute Gasteiger partial charge is 0.534 e. The monoisotopic (exact) mass is 484 g/mol. The number of hydrogen-bond acceptors (Lipinski definition) is 7. The highest BCUT2D eigenvalue weighted by Crippen LogP contribution is 2.49. The van der Waals surface area contributed by atoms with Crippen molar-refractivity contribution in [3.05, 3.63) is 41.7 Å². The molecule has 0 unspecified atom stereocenters. The summed E-state index contributed by atoms with van der Waals surface area (Å²) in [5.74, 6) is -0.340. The summed E-state index contributed by atoms with van der Waals surface area (Å²) in [4.78, 5) is 22.8. The Labute approximate surface area is 189 Å². The fraction of sp³-hybridized carbons (Fsp3) is 0.476. The highest BCUT2D eigenvalue weighted by molar-refractivity contribution is 7.87. The smallest absolute Gasteiger partial charge is 0.361 e. The maximum absolute atomic E-state index is 12.8. The first-order chi connectivity index (χ1) is 15.4. The topological polar surface area (TPSA) is 101 Å². The van der Waals surface area contributed by atoms with Crippen molar-refractivity contribution in [1.29, 1.82) is 0 Å². The summed E-state index contributed by atoms with van der Waals surface area (Å²) in [5.41, 5.74) is -4.22. The molecule has 3 heterocycles. The molecular formula is C21H23F3N4O4S. The van der Waals surface area contributed by atoms with Gasteiger partial charge in [0.1, 0.15) is 5.82 Å². The van der Waals surface area contributed by atoms with E-state index in [-0.39, 0.29) is 29.5 Å². The highest BCUT2D eigenvalue weighted by Gasteiger charge is 2.50. The number of alkyl halides is 3. The van der Waals surface area contributed by atoms with Gasteiger partial charge in [0.25, 0.3) is 0 Å². The molecule has 0 bridgehead atoms. The molecule has 2 aromatic rings. The number of nitrogens with one attached hydrogen (secondary N) is 1. The zero-order valence-electron chi connectivity index (χ0n) is 18.1. The van der Waals surface area contributed by atoms with E-state index >= 15 is 0 Å². The van der Waals surface area contributed by atoms with Gasteiger partial charge < -0.3 is 14.4 Å². The fourth-order valence-electron chi connectivity index (χ4n) is 4.37. The van der Waals surface area contributed by atoms with Gasteiger partial charge in [-0.05, 0) is 43.9 Å². The van der Waals surface area contributed by atoms with E-state index in [9.17, 15) is 26.4 Å². The summed E-state index contributed by atoms with van der Waals surface area (Å²) in [7, 11) is -5.89. The Kier molecular flexibility index (Phi) is 5.75. The van der Waals surface area contributed by atoms with Gasteiger partial charge in [0, 0.05) is 30.6 Å². The van der Waals surface area contributed by atoms with Crippen LogP contribution in [0.5, 0.6) is 5.88 Å². The molecule has 1 saturated carbocycles. The van der Waals surface area contributed by atoms with Crippen molar-refractivity contribution in [2.75, 3.05) is 10.2 Å². The number of pyridine rings is 2. The van der Waals surface area contributed by atoms with Crippen LogP contribution in [-0.2, 0) is 14.9 Å². The third-order valence-corrected chi connectivity index (χ3v) is 6.87. The summed E-state index contributed by atoms with van der Waals surface area (Å²) in [6.45, 7) is 5.16. The summed E-state index contributed by atoms with van der Waals surface area (Å²) in [5, 5.41) is 3.28. The minimum absolute atomic E-state index is 0.148. The maximum Gasteiger partial charge on any atom is 0.534 e. The minimum Gasteiger partial charge on any atom is -0.361 e. The van der Waals surface area contributed by atoms with Gasteiger partial charge >= 0.3 is 15.6 Å². The van der Waals surface area contributed by atoms with Crippen LogP contribution >= 0.6 is 0 Å². The number of hydrogen-bond donors (Lipinski definition) is 1. The molecule has 4 rings (SSSR count). The number of anilines is 2. The predicted octanol–water partition coefficient (Wildman–Crippen LogP) is 3.95. The van der Waals surface area contributed by atoms with E-state index in [0.717, 1.165) is 24.6 Å². The first kappa shape index (κ1) is 23.3. The summed E-state index contributed by atoms with van der Waals surface area (Å²) in [6.07, 6.45) is 1.92. The lowest BCUT2D eigenvalue weighted by atomic mass is 9.82. The third kappa shape index (κ3) is 4.48. The lowest BCUT2D eigenvalue weighted by molar-refractivity contribution is -0.117. The van der Waals surface area contributed by atoms with E-state index in [1.165, 1.54) is 13.0 Å². The number of carbonyl (C=O) groups excluding carboxylic acids is 1. The Balaban J connectivity index is 1.81. The number of aryl methyl sites for hydroxylation is 1. The Morgan fingerprint density at radius 3 is 2.45 bits per heavy atom. The van der Waals surface area contributed by atoms with Crippen molar-refractivity contribution in [1.82, 2.24) is 9.97 Å².